The molecular weight excluding hydrogens is 977 g/mol. The zero-order valence-electron chi connectivity index (χ0n) is 44.5. The first-order valence-electron chi connectivity index (χ1n) is 28.4. The SMILES string of the molecule is CC1(c2ccc3ccccc3c2)c2cccc3c2-c2c1ccc1c4cccc(N(c5cc(-c6ccccc6)cc(-c6ccccc6)c5)c5ccc6c(c5)C5(c7ccccc7-c7ccccc75)c5ccccc5-6)c4n(c21)-c1ccccc1-3. The van der Waals surface area contributed by atoms with E-state index in [1.165, 1.54) is 133 Å². The fraction of sp³-hybridized carbons (Fsp3) is 0.0380. The molecule has 81 heavy (non-hydrogen) atoms. The molecule has 14 aromatic rings. The molecule has 1 aromatic heterocycles. The van der Waals surface area contributed by atoms with E-state index >= 15 is 0 Å². The smallest absolute Gasteiger partial charge is 0.0782 e. The quantitative estimate of drug-likeness (QED) is 0.161. The summed E-state index contributed by atoms with van der Waals surface area (Å²) in [6.07, 6.45) is 0. The van der Waals surface area contributed by atoms with E-state index in [1.807, 2.05) is 0 Å². The van der Waals surface area contributed by atoms with Gasteiger partial charge in [-0.05, 0) is 161 Å². The summed E-state index contributed by atoms with van der Waals surface area (Å²) in [5.41, 5.74) is 30.2. The van der Waals surface area contributed by atoms with Crippen LogP contribution in [0.3, 0.4) is 0 Å². The second-order valence-electron chi connectivity index (χ2n) is 22.8. The van der Waals surface area contributed by atoms with Gasteiger partial charge in [-0.3, -0.25) is 0 Å². The number of rotatable bonds is 6. The van der Waals surface area contributed by atoms with Crippen molar-refractivity contribution in [2.24, 2.45) is 0 Å². The van der Waals surface area contributed by atoms with Crippen LogP contribution in [0.15, 0.2) is 285 Å². The summed E-state index contributed by atoms with van der Waals surface area (Å²) in [7, 11) is 0. The first-order valence-corrected chi connectivity index (χ1v) is 28.4. The van der Waals surface area contributed by atoms with Crippen LogP contribution in [-0.2, 0) is 10.8 Å². The minimum Gasteiger partial charge on any atom is -0.308 e. The van der Waals surface area contributed by atoms with Crippen LogP contribution in [0.5, 0.6) is 0 Å². The Morgan fingerprint density at radius 3 is 1.54 bits per heavy atom. The molecule has 1 unspecified atom stereocenters. The largest absolute Gasteiger partial charge is 0.308 e. The standard InChI is InChI=1S/C79H50N2/c1-78(55-39-38-51-24-8-9-25-52(51)45-55)69-35-18-30-63-62-29-13-17-36-72(62)81-76-64(65-42-43-70(78)75(74(63)69)77(65)81)31-19-37-73(76)80(57-46-53(49-20-4-2-5-21-49)44-54(47-57)50-22-6-3-7-23-50)56-40-41-61-60-28-12-16-34-68(60)79(71(61)48-56)66-32-14-10-26-58(66)59-27-11-15-33-67(59)79/h2-48H,1H3. The van der Waals surface area contributed by atoms with E-state index < -0.39 is 10.8 Å². The predicted molar refractivity (Wildman–Crippen MR) is 337 cm³/mol. The van der Waals surface area contributed by atoms with E-state index in [9.17, 15) is 0 Å². The van der Waals surface area contributed by atoms with Gasteiger partial charge in [-0.15, -0.1) is 0 Å². The van der Waals surface area contributed by atoms with Crippen LogP contribution in [-0.4, -0.2) is 4.57 Å². The van der Waals surface area contributed by atoms with Crippen molar-refractivity contribution in [2.75, 3.05) is 4.90 Å². The van der Waals surface area contributed by atoms with Gasteiger partial charge in [-0.1, -0.05) is 237 Å². The van der Waals surface area contributed by atoms with Crippen LogP contribution < -0.4 is 4.90 Å². The first-order chi connectivity index (χ1) is 40.1. The van der Waals surface area contributed by atoms with Crippen molar-refractivity contribution >= 4 is 49.6 Å². The van der Waals surface area contributed by atoms with E-state index in [0.717, 1.165) is 28.2 Å². The summed E-state index contributed by atoms with van der Waals surface area (Å²) in [5, 5.41) is 4.98. The van der Waals surface area contributed by atoms with Gasteiger partial charge in [-0.2, -0.15) is 0 Å². The average Bonchev–Trinajstić information content (AvgIpc) is 2.85. The molecule has 13 aromatic carbocycles. The zero-order chi connectivity index (χ0) is 53.1. The van der Waals surface area contributed by atoms with Crippen molar-refractivity contribution in [3.63, 3.8) is 0 Å². The third-order valence-electron chi connectivity index (χ3n) is 19.0. The molecule has 0 saturated heterocycles. The molecule has 0 saturated carbocycles. The summed E-state index contributed by atoms with van der Waals surface area (Å²) >= 11 is 0. The van der Waals surface area contributed by atoms with Crippen molar-refractivity contribution in [1.82, 2.24) is 4.57 Å². The van der Waals surface area contributed by atoms with Crippen LogP contribution >= 0.6 is 0 Å². The van der Waals surface area contributed by atoms with E-state index in [0.29, 0.717) is 0 Å². The second kappa shape index (κ2) is 16.4. The van der Waals surface area contributed by atoms with Crippen molar-refractivity contribution in [2.45, 2.75) is 17.8 Å². The van der Waals surface area contributed by atoms with Gasteiger partial charge in [0, 0.05) is 38.7 Å². The number of para-hydroxylation sites is 2. The molecule has 18 rings (SSSR count). The highest BCUT2D eigenvalue weighted by Gasteiger charge is 2.52. The van der Waals surface area contributed by atoms with E-state index in [2.05, 4.69) is 302 Å². The zero-order valence-corrected chi connectivity index (χ0v) is 44.5. The Kier molecular flexibility index (Phi) is 9.04. The fourth-order valence-corrected chi connectivity index (χ4v) is 15.5. The van der Waals surface area contributed by atoms with Gasteiger partial charge in [0.05, 0.1) is 27.8 Å². The number of hydrogen-bond acceptors (Lipinski definition) is 1. The lowest BCUT2D eigenvalue weighted by Crippen LogP contribution is -2.26. The first kappa shape index (κ1) is 44.7. The number of fused-ring (bicyclic) bond motifs is 17. The number of benzene rings is 13. The van der Waals surface area contributed by atoms with Crippen molar-refractivity contribution < 1.29 is 0 Å². The molecule has 0 fully saturated rings. The molecule has 0 bridgehead atoms. The molecule has 1 spiro atoms. The summed E-state index contributed by atoms with van der Waals surface area (Å²) in [6, 6.07) is 108. The van der Waals surface area contributed by atoms with Gasteiger partial charge >= 0.3 is 0 Å². The van der Waals surface area contributed by atoms with E-state index in [1.54, 1.807) is 0 Å². The van der Waals surface area contributed by atoms with Crippen LogP contribution in [0.1, 0.15) is 45.9 Å². The molecule has 2 nitrogen and oxygen atoms in total. The fourth-order valence-electron chi connectivity index (χ4n) is 15.5. The van der Waals surface area contributed by atoms with Gasteiger partial charge < -0.3 is 9.47 Å². The monoisotopic (exact) mass is 1030 g/mol. The highest BCUT2D eigenvalue weighted by Crippen LogP contribution is 2.65. The van der Waals surface area contributed by atoms with Crippen LogP contribution in [0.2, 0.25) is 0 Å². The molecule has 0 N–H and O–H groups in total. The van der Waals surface area contributed by atoms with Crippen LogP contribution in [0, 0.1) is 0 Å². The second-order valence-corrected chi connectivity index (χ2v) is 22.8. The molecule has 0 amide bonds. The lowest BCUT2D eigenvalue weighted by atomic mass is 9.70. The maximum atomic E-state index is 2.66. The topological polar surface area (TPSA) is 8.17 Å². The molecular formula is C79H50N2. The third-order valence-corrected chi connectivity index (χ3v) is 19.0. The Morgan fingerprint density at radius 2 is 0.852 bits per heavy atom. The van der Waals surface area contributed by atoms with Crippen molar-refractivity contribution in [3.05, 3.63) is 324 Å². The maximum absolute atomic E-state index is 2.66. The molecule has 1 aliphatic heterocycles. The minimum atomic E-state index is -0.526. The molecule has 4 aliphatic rings. The molecule has 2 heterocycles. The minimum absolute atomic E-state index is 0.414. The van der Waals surface area contributed by atoms with Crippen LogP contribution in [0.25, 0.3) is 105 Å². The Labute approximate surface area is 470 Å². The average molecular weight is 1030 g/mol. The lowest BCUT2D eigenvalue weighted by molar-refractivity contribution is 0.715. The summed E-state index contributed by atoms with van der Waals surface area (Å²) < 4.78 is 2.66. The summed E-state index contributed by atoms with van der Waals surface area (Å²) in [6.45, 7) is 2.47. The normalized spacial score (nSPS) is 15.1. The highest BCUT2D eigenvalue weighted by atomic mass is 15.2. The Balaban J connectivity index is 0.970. The van der Waals surface area contributed by atoms with Gasteiger partial charge in [0.25, 0.3) is 0 Å². The van der Waals surface area contributed by atoms with Crippen LogP contribution in [0.4, 0.5) is 17.1 Å². The predicted octanol–water partition coefficient (Wildman–Crippen LogP) is 20.4. The number of anilines is 3. The summed E-state index contributed by atoms with van der Waals surface area (Å²) in [4.78, 5) is 2.60. The van der Waals surface area contributed by atoms with E-state index in [4.69, 9.17) is 0 Å². The molecule has 2 heteroatoms. The molecule has 3 aliphatic carbocycles. The Morgan fingerprint density at radius 1 is 0.309 bits per heavy atom. The molecule has 376 valence electrons. The van der Waals surface area contributed by atoms with E-state index in [-0.39, 0.29) is 0 Å². The number of aromatic nitrogens is 1. The van der Waals surface area contributed by atoms with Gasteiger partial charge in [0.15, 0.2) is 0 Å². The van der Waals surface area contributed by atoms with Gasteiger partial charge in [0.1, 0.15) is 0 Å². The Hall–Kier alpha value is -10.3. The van der Waals surface area contributed by atoms with Crippen molar-refractivity contribution in [1.29, 1.82) is 0 Å². The number of hydrogen-bond donors (Lipinski definition) is 0. The lowest BCUT2D eigenvalue weighted by Gasteiger charge is -2.33. The molecule has 1 atom stereocenters. The number of nitrogens with zero attached hydrogens (tertiary/aromatic N) is 2. The van der Waals surface area contributed by atoms with Gasteiger partial charge in [-0.25, -0.2) is 0 Å². The molecule has 0 radical (unpaired) electrons. The summed E-state index contributed by atoms with van der Waals surface area (Å²) in [5.74, 6) is 0. The Bertz CT molecular complexity index is 4900. The third kappa shape index (κ3) is 5.85. The maximum Gasteiger partial charge on any atom is 0.0782 e. The van der Waals surface area contributed by atoms with Gasteiger partial charge in [0.2, 0.25) is 0 Å². The van der Waals surface area contributed by atoms with Crippen molar-refractivity contribution in [3.8, 4) is 72.4 Å². The highest BCUT2D eigenvalue weighted by molar-refractivity contribution is 6.22.